The third kappa shape index (κ3) is 3.61. The summed E-state index contributed by atoms with van der Waals surface area (Å²) in [6.07, 6.45) is 0. The van der Waals surface area contributed by atoms with Gasteiger partial charge in [0.05, 0.1) is 10.0 Å². The Hall–Kier alpha value is -1.33. The van der Waals surface area contributed by atoms with Crippen LogP contribution in [0, 0.1) is 0 Å². The molecule has 2 aromatic rings. The Balaban J connectivity index is 2.06. The average Bonchev–Trinajstić information content (AvgIpc) is 2.40. The normalized spacial score (nSPS) is 11.4. The Bertz CT molecular complexity index is 600. The van der Waals surface area contributed by atoms with Crippen LogP contribution < -0.4 is 10.2 Å². The van der Waals surface area contributed by atoms with Crippen LogP contribution >= 0.6 is 23.2 Å². The topological polar surface area (TPSA) is 9.23 Å². The fraction of sp³-hybridized carbons (Fsp3) is 0.0769. The maximum absolute atomic E-state index is 12.5. The number of hydrogen-bond acceptors (Lipinski definition) is 1. The molecule has 20 heavy (non-hydrogen) atoms. The predicted molar refractivity (Wildman–Crippen MR) is 75.9 cm³/mol. The lowest BCUT2D eigenvalue weighted by molar-refractivity contribution is 0.306. The molecule has 0 aliphatic heterocycles. The lowest BCUT2D eigenvalue weighted by atomic mass is 9.80. The first-order chi connectivity index (χ1) is 9.38. The van der Waals surface area contributed by atoms with Crippen LogP contribution in [-0.2, 0) is 6.61 Å². The van der Waals surface area contributed by atoms with Gasteiger partial charge in [-0.2, -0.15) is 0 Å². The van der Waals surface area contributed by atoms with Gasteiger partial charge >= 0.3 is 6.98 Å². The highest BCUT2D eigenvalue weighted by Crippen LogP contribution is 2.26. The zero-order valence-corrected chi connectivity index (χ0v) is 11.6. The molecule has 2 rings (SSSR count). The Kier molecular flexibility index (Phi) is 4.50. The Labute approximate surface area is 124 Å². The van der Waals surface area contributed by atoms with E-state index in [0.717, 1.165) is 12.1 Å². The number of ether oxygens (including phenoxy) is 1. The summed E-state index contributed by atoms with van der Waals surface area (Å²) >= 11 is 11.8. The van der Waals surface area contributed by atoms with Crippen molar-refractivity contribution < 1.29 is 17.7 Å². The second-order valence-electron chi connectivity index (χ2n) is 4.15. The summed E-state index contributed by atoms with van der Waals surface area (Å²) in [6, 6.07) is 9.66. The smallest absolute Gasteiger partial charge is 0.489 e. The van der Waals surface area contributed by atoms with E-state index in [2.05, 4.69) is 0 Å². The lowest BCUT2D eigenvalue weighted by Gasteiger charge is -2.15. The first kappa shape index (κ1) is 15.1. The molecule has 0 N–H and O–H groups in total. The first-order valence-electron chi connectivity index (χ1n) is 5.73. The van der Waals surface area contributed by atoms with Gasteiger partial charge in [-0.15, -0.1) is 5.46 Å². The van der Waals surface area contributed by atoms with E-state index in [9.17, 15) is 12.9 Å². The molecular formula is C13H9BCl2F3O-. The van der Waals surface area contributed by atoms with E-state index in [1.165, 1.54) is 12.1 Å². The van der Waals surface area contributed by atoms with Crippen molar-refractivity contribution in [3.63, 3.8) is 0 Å². The SMILES string of the molecule is F[B-](F)(F)c1ccc(OCc2cccc(Cl)c2Cl)cc1. The van der Waals surface area contributed by atoms with E-state index in [1.807, 2.05) is 0 Å². The molecule has 0 radical (unpaired) electrons. The number of rotatable bonds is 4. The van der Waals surface area contributed by atoms with E-state index in [4.69, 9.17) is 27.9 Å². The Morgan fingerprint density at radius 1 is 0.950 bits per heavy atom. The Morgan fingerprint density at radius 3 is 2.20 bits per heavy atom. The molecule has 0 unspecified atom stereocenters. The number of hydrogen-bond donors (Lipinski definition) is 0. The predicted octanol–water partition coefficient (Wildman–Crippen LogP) is 4.63. The molecule has 0 saturated carbocycles. The molecule has 0 amide bonds. The highest BCUT2D eigenvalue weighted by atomic mass is 35.5. The van der Waals surface area contributed by atoms with Gasteiger partial charge in [-0.05, 0) is 18.2 Å². The van der Waals surface area contributed by atoms with Gasteiger partial charge < -0.3 is 17.7 Å². The first-order valence-corrected chi connectivity index (χ1v) is 6.49. The zero-order valence-electron chi connectivity index (χ0n) is 10.1. The zero-order chi connectivity index (χ0) is 14.8. The van der Waals surface area contributed by atoms with Crippen molar-refractivity contribution in [2.45, 2.75) is 6.61 Å². The minimum atomic E-state index is -4.98. The minimum absolute atomic E-state index is 0.135. The van der Waals surface area contributed by atoms with Crippen molar-refractivity contribution in [2.24, 2.45) is 0 Å². The highest BCUT2D eigenvalue weighted by molar-refractivity contribution is 6.73. The lowest BCUT2D eigenvalue weighted by Crippen LogP contribution is -2.33. The summed E-state index contributed by atoms with van der Waals surface area (Å²) in [5.74, 6) is 0.338. The fourth-order valence-electron chi connectivity index (χ4n) is 1.60. The summed E-state index contributed by atoms with van der Waals surface area (Å²) in [7, 11) is 0. The van der Waals surface area contributed by atoms with Crippen LogP contribution in [-0.4, -0.2) is 6.98 Å². The highest BCUT2D eigenvalue weighted by Gasteiger charge is 2.24. The molecular weight excluding hydrogens is 311 g/mol. The van der Waals surface area contributed by atoms with E-state index < -0.39 is 12.4 Å². The third-order valence-electron chi connectivity index (χ3n) is 2.68. The van der Waals surface area contributed by atoms with Gasteiger partial charge in [-0.3, -0.25) is 0 Å². The maximum Gasteiger partial charge on any atom is 0.509 e. The minimum Gasteiger partial charge on any atom is -0.489 e. The Morgan fingerprint density at radius 2 is 1.60 bits per heavy atom. The average molecular weight is 320 g/mol. The summed E-state index contributed by atoms with van der Waals surface area (Å²) in [5, 5.41) is 0.785. The van der Waals surface area contributed by atoms with Crippen LogP contribution in [0.25, 0.3) is 0 Å². The molecule has 106 valence electrons. The van der Waals surface area contributed by atoms with Crippen LogP contribution in [0.1, 0.15) is 5.56 Å². The van der Waals surface area contributed by atoms with Gasteiger partial charge in [0.2, 0.25) is 0 Å². The van der Waals surface area contributed by atoms with Crippen LogP contribution in [0.4, 0.5) is 12.9 Å². The molecule has 0 saturated heterocycles. The monoisotopic (exact) mass is 319 g/mol. The van der Waals surface area contributed by atoms with Gasteiger partial charge in [0.15, 0.2) is 0 Å². The van der Waals surface area contributed by atoms with E-state index in [1.54, 1.807) is 18.2 Å². The molecule has 0 aliphatic rings. The quantitative estimate of drug-likeness (QED) is 0.747. The van der Waals surface area contributed by atoms with Crippen LogP contribution in [0.3, 0.4) is 0 Å². The molecule has 0 heterocycles. The number of benzene rings is 2. The van der Waals surface area contributed by atoms with Gasteiger partial charge in [0.1, 0.15) is 12.4 Å². The maximum atomic E-state index is 12.5. The molecule has 7 heteroatoms. The van der Waals surface area contributed by atoms with Crippen LogP contribution in [0.5, 0.6) is 5.75 Å². The summed E-state index contributed by atoms with van der Waals surface area (Å²) in [5.41, 5.74) is 0.0152. The molecule has 0 spiro atoms. The van der Waals surface area contributed by atoms with Crippen molar-refractivity contribution in [2.75, 3.05) is 0 Å². The van der Waals surface area contributed by atoms with Gasteiger partial charge in [-0.25, -0.2) is 0 Å². The largest absolute Gasteiger partial charge is 0.509 e. The van der Waals surface area contributed by atoms with Crippen molar-refractivity contribution in [3.05, 3.63) is 58.1 Å². The van der Waals surface area contributed by atoms with Gasteiger partial charge in [0.25, 0.3) is 0 Å². The van der Waals surface area contributed by atoms with Gasteiger partial charge in [0, 0.05) is 5.56 Å². The fourth-order valence-corrected chi connectivity index (χ4v) is 1.98. The number of halogens is 5. The van der Waals surface area contributed by atoms with Crippen molar-refractivity contribution in [3.8, 4) is 5.75 Å². The molecule has 0 aliphatic carbocycles. The molecule has 0 atom stereocenters. The van der Waals surface area contributed by atoms with Crippen molar-refractivity contribution >= 4 is 35.6 Å². The molecule has 0 bridgehead atoms. The second-order valence-corrected chi connectivity index (χ2v) is 4.93. The van der Waals surface area contributed by atoms with Crippen molar-refractivity contribution in [1.82, 2.24) is 0 Å². The second kappa shape index (κ2) is 5.98. The molecule has 0 aromatic heterocycles. The summed E-state index contributed by atoms with van der Waals surface area (Å²) < 4.78 is 42.8. The van der Waals surface area contributed by atoms with Gasteiger partial charge in [-0.1, -0.05) is 47.5 Å². The van der Waals surface area contributed by atoms with Crippen LogP contribution in [0.15, 0.2) is 42.5 Å². The van der Waals surface area contributed by atoms with E-state index >= 15 is 0 Å². The molecule has 0 fully saturated rings. The third-order valence-corrected chi connectivity index (χ3v) is 3.54. The van der Waals surface area contributed by atoms with Crippen LogP contribution in [0.2, 0.25) is 10.0 Å². The van der Waals surface area contributed by atoms with E-state index in [-0.39, 0.29) is 6.61 Å². The standard InChI is InChI=1S/C13H9BCl2F3O/c15-12-3-1-2-9(13(12)16)8-20-11-6-4-10(5-7-11)14(17,18)19/h1-7H,8H2/q-1. The van der Waals surface area contributed by atoms with E-state index in [0.29, 0.717) is 21.4 Å². The summed E-state index contributed by atoms with van der Waals surface area (Å²) in [4.78, 5) is 0. The molecule has 2 aromatic carbocycles. The summed E-state index contributed by atoms with van der Waals surface area (Å²) in [6.45, 7) is -4.85. The van der Waals surface area contributed by atoms with Crippen molar-refractivity contribution in [1.29, 1.82) is 0 Å². The molecule has 1 nitrogen and oxygen atoms in total.